The van der Waals surface area contributed by atoms with Gasteiger partial charge in [-0.3, -0.25) is 4.79 Å². The van der Waals surface area contributed by atoms with Gasteiger partial charge in [0.15, 0.2) is 11.5 Å². The van der Waals surface area contributed by atoms with Crippen LogP contribution >= 0.6 is 15.9 Å². The number of methoxy groups -OCH3 is 1. The van der Waals surface area contributed by atoms with Gasteiger partial charge in [-0.15, -0.1) is 0 Å². The summed E-state index contributed by atoms with van der Waals surface area (Å²) in [7, 11) is 1.61. The minimum atomic E-state index is -0.157. The number of fused-ring (bicyclic) bond motifs is 1. The van der Waals surface area contributed by atoms with E-state index in [9.17, 15) is 4.79 Å². The van der Waals surface area contributed by atoms with Gasteiger partial charge >= 0.3 is 0 Å². The van der Waals surface area contributed by atoms with E-state index in [0.29, 0.717) is 30.3 Å². The molecule has 0 bridgehead atoms. The van der Waals surface area contributed by atoms with Crippen LogP contribution in [-0.2, 0) is 11.3 Å². The van der Waals surface area contributed by atoms with Gasteiger partial charge in [-0.25, -0.2) is 0 Å². The molecule has 2 aromatic carbocycles. The molecule has 6 nitrogen and oxygen atoms in total. The number of aromatic amines is 1. The molecule has 1 aliphatic heterocycles. The van der Waals surface area contributed by atoms with Crippen molar-refractivity contribution in [2.75, 3.05) is 20.3 Å². The first kappa shape index (κ1) is 19.8. The van der Waals surface area contributed by atoms with Crippen molar-refractivity contribution in [3.8, 4) is 11.5 Å². The highest BCUT2D eigenvalue weighted by atomic mass is 79.9. The van der Waals surface area contributed by atoms with Gasteiger partial charge < -0.3 is 24.5 Å². The lowest BCUT2D eigenvalue weighted by Crippen LogP contribution is -2.23. The van der Waals surface area contributed by atoms with E-state index >= 15 is 0 Å². The summed E-state index contributed by atoms with van der Waals surface area (Å²) in [6.45, 7) is 1.71. The second-order valence-electron chi connectivity index (χ2n) is 7.03. The molecule has 1 saturated heterocycles. The highest BCUT2D eigenvalue weighted by Gasteiger charge is 2.17. The zero-order valence-electron chi connectivity index (χ0n) is 16.2. The van der Waals surface area contributed by atoms with Crippen LogP contribution in [0.5, 0.6) is 11.5 Å². The highest BCUT2D eigenvalue weighted by molar-refractivity contribution is 9.10. The second kappa shape index (κ2) is 8.88. The molecule has 29 heavy (non-hydrogen) atoms. The van der Waals surface area contributed by atoms with Crippen molar-refractivity contribution < 1.29 is 19.0 Å². The maximum Gasteiger partial charge on any atom is 0.267 e. The minimum absolute atomic E-state index is 0.149. The third kappa shape index (κ3) is 4.74. The monoisotopic (exact) mass is 458 g/mol. The van der Waals surface area contributed by atoms with Gasteiger partial charge in [0.1, 0.15) is 12.3 Å². The number of halogens is 1. The number of amides is 1. The summed E-state index contributed by atoms with van der Waals surface area (Å²) in [5, 5.41) is 3.93. The van der Waals surface area contributed by atoms with E-state index in [4.69, 9.17) is 14.2 Å². The Morgan fingerprint density at radius 1 is 1.24 bits per heavy atom. The van der Waals surface area contributed by atoms with Crippen molar-refractivity contribution in [3.63, 3.8) is 0 Å². The summed E-state index contributed by atoms with van der Waals surface area (Å²) in [5.41, 5.74) is 2.37. The van der Waals surface area contributed by atoms with Crippen LogP contribution in [-0.4, -0.2) is 37.3 Å². The van der Waals surface area contributed by atoms with Crippen molar-refractivity contribution in [1.82, 2.24) is 10.3 Å². The molecule has 1 aromatic heterocycles. The minimum Gasteiger partial charge on any atom is -0.493 e. The third-order valence-electron chi connectivity index (χ3n) is 4.96. The Balaban J connectivity index is 1.38. The van der Waals surface area contributed by atoms with Crippen molar-refractivity contribution in [2.45, 2.75) is 25.5 Å². The Kier molecular flexibility index (Phi) is 6.06. The number of carbonyl (C=O) groups is 1. The molecule has 1 amide bonds. The Labute approximate surface area is 177 Å². The number of ether oxygens (including phenoxy) is 3. The molecule has 1 fully saturated rings. The van der Waals surface area contributed by atoms with Crippen molar-refractivity contribution in [3.05, 3.63) is 58.2 Å². The van der Waals surface area contributed by atoms with Crippen LogP contribution in [0.4, 0.5) is 0 Å². The van der Waals surface area contributed by atoms with Crippen LogP contribution in [0.15, 0.2) is 46.9 Å². The molecule has 7 heteroatoms. The second-order valence-corrected chi connectivity index (χ2v) is 7.94. The fourth-order valence-electron chi connectivity index (χ4n) is 3.40. The topological polar surface area (TPSA) is 72.6 Å². The molecule has 152 valence electrons. The molecule has 0 saturated carbocycles. The zero-order valence-corrected chi connectivity index (χ0v) is 17.8. The lowest BCUT2D eigenvalue weighted by Gasteiger charge is -2.15. The fraction of sp³-hybridized carbons (Fsp3) is 0.318. The number of hydrogen-bond donors (Lipinski definition) is 2. The van der Waals surface area contributed by atoms with Gasteiger partial charge in [0.05, 0.1) is 13.2 Å². The van der Waals surface area contributed by atoms with Gasteiger partial charge in [-0.05, 0) is 48.7 Å². The molecule has 0 radical (unpaired) electrons. The van der Waals surface area contributed by atoms with Crippen molar-refractivity contribution in [1.29, 1.82) is 0 Å². The van der Waals surface area contributed by atoms with Crippen LogP contribution in [0.2, 0.25) is 0 Å². The van der Waals surface area contributed by atoms with Gasteiger partial charge in [0.2, 0.25) is 0 Å². The van der Waals surface area contributed by atoms with Crippen molar-refractivity contribution >= 4 is 32.7 Å². The Bertz CT molecular complexity index is 1010. The SMILES string of the molecule is COc1cc(CNC(=O)c2cc3ccc(Br)cc3[nH]2)ccc1OCC1CCCO1. The van der Waals surface area contributed by atoms with Crippen LogP contribution in [0.25, 0.3) is 10.9 Å². The van der Waals surface area contributed by atoms with Gasteiger partial charge in [0.25, 0.3) is 5.91 Å². The summed E-state index contributed by atoms with van der Waals surface area (Å²) in [5.74, 6) is 1.17. The predicted molar refractivity (Wildman–Crippen MR) is 115 cm³/mol. The Morgan fingerprint density at radius 2 is 2.14 bits per heavy atom. The molecule has 1 atom stereocenters. The number of rotatable bonds is 7. The molecule has 1 aliphatic rings. The maximum absolute atomic E-state index is 12.5. The molecule has 2 heterocycles. The Hall–Kier alpha value is -2.51. The standard InChI is InChI=1S/C22H23BrN2O4/c1-27-21-9-14(4-7-20(21)29-13-17-3-2-8-28-17)12-24-22(26)19-10-15-5-6-16(23)11-18(15)25-19/h4-7,9-11,17,25H,2-3,8,12-13H2,1H3,(H,24,26). The lowest BCUT2D eigenvalue weighted by molar-refractivity contribution is 0.0669. The summed E-state index contributed by atoms with van der Waals surface area (Å²) >= 11 is 3.44. The van der Waals surface area contributed by atoms with E-state index in [-0.39, 0.29) is 12.0 Å². The van der Waals surface area contributed by atoms with E-state index in [1.165, 1.54) is 0 Å². The first-order valence-corrected chi connectivity index (χ1v) is 10.4. The van der Waals surface area contributed by atoms with Crippen molar-refractivity contribution in [2.24, 2.45) is 0 Å². The maximum atomic E-state index is 12.5. The molecule has 4 rings (SSSR count). The molecular weight excluding hydrogens is 436 g/mol. The van der Waals surface area contributed by atoms with E-state index in [2.05, 4.69) is 26.2 Å². The normalized spacial score (nSPS) is 16.1. The predicted octanol–water partition coefficient (Wildman–Crippen LogP) is 4.43. The lowest BCUT2D eigenvalue weighted by atomic mass is 10.2. The number of benzene rings is 2. The first-order chi connectivity index (χ1) is 14.1. The molecule has 1 unspecified atom stereocenters. The number of carbonyl (C=O) groups excluding carboxylic acids is 1. The Morgan fingerprint density at radius 3 is 2.93 bits per heavy atom. The van der Waals surface area contributed by atoms with Crippen LogP contribution < -0.4 is 14.8 Å². The molecule has 3 aromatic rings. The summed E-state index contributed by atoms with van der Waals surface area (Å²) in [6, 6.07) is 13.4. The number of nitrogens with one attached hydrogen (secondary N) is 2. The van der Waals surface area contributed by atoms with Gasteiger partial charge in [-0.1, -0.05) is 28.1 Å². The first-order valence-electron chi connectivity index (χ1n) is 9.60. The quantitative estimate of drug-likeness (QED) is 0.549. The van der Waals surface area contributed by atoms with E-state index in [1.807, 2.05) is 42.5 Å². The molecule has 0 spiro atoms. The average molecular weight is 459 g/mol. The number of aromatic nitrogens is 1. The van der Waals surface area contributed by atoms with Crippen LogP contribution in [0.3, 0.4) is 0 Å². The third-order valence-corrected chi connectivity index (χ3v) is 5.45. The summed E-state index contributed by atoms with van der Waals surface area (Å²) < 4.78 is 17.9. The van der Waals surface area contributed by atoms with Crippen LogP contribution in [0.1, 0.15) is 28.9 Å². The average Bonchev–Trinajstić information content (AvgIpc) is 3.40. The van der Waals surface area contributed by atoms with E-state index in [0.717, 1.165) is 40.4 Å². The summed E-state index contributed by atoms with van der Waals surface area (Å²) in [6.07, 6.45) is 2.25. The fourth-order valence-corrected chi connectivity index (χ4v) is 3.76. The smallest absolute Gasteiger partial charge is 0.267 e. The molecular formula is C22H23BrN2O4. The summed E-state index contributed by atoms with van der Waals surface area (Å²) in [4.78, 5) is 15.7. The molecule has 2 N–H and O–H groups in total. The van der Waals surface area contributed by atoms with Gasteiger partial charge in [-0.2, -0.15) is 0 Å². The highest BCUT2D eigenvalue weighted by Crippen LogP contribution is 2.29. The van der Waals surface area contributed by atoms with Gasteiger partial charge in [0, 0.05) is 28.5 Å². The van der Waals surface area contributed by atoms with E-state index in [1.54, 1.807) is 7.11 Å². The largest absolute Gasteiger partial charge is 0.493 e. The number of hydrogen-bond acceptors (Lipinski definition) is 4. The van der Waals surface area contributed by atoms with E-state index < -0.39 is 0 Å². The molecule has 0 aliphatic carbocycles. The van der Waals surface area contributed by atoms with Crippen LogP contribution in [0, 0.1) is 0 Å². The zero-order chi connectivity index (χ0) is 20.2. The number of H-pyrrole nitrogens is 1.